The van der Waals surface area contributed by atoms with E-state index in [2.05, 4.69) is 15.0 Å². The van der Waals surface area contributed by atoms with Gasteiger partial charge >= 0.3 is 0 Å². The largest absolute Gasteiger partial charge is 0.494 e. The summed E-state index contributed by atoms with van der Waals surface area (Å²) in [6, 6.07) is 4.28. The standard InChI is InChI=1S/C19H17ClF2N4O3/c1-28-10-7-24-16(25-8-10)14(27)5-9-2-3-13(20)11(4-9)19(17(21)22)12-6-15(12)29-18(23)26-19/h2-4,7-8,12,15,17H,5-6H2,1H3,(H2,23,26)/t12-,15+,19+/m0/s1. The highest BCUT2D eigenvalue weighted by atomic mass is 35.5. The van der Waals surface area contributed by atoms with Gasteiger partial charge in [-0.1, -0.05) is 23.7 Å². The van der Waals surface area contributed by atoms with E-state index in [0.29, 0.717) is 17.7 Å². The molecule has 0 radical (unpaired) electrons. The molecule has 2 heterocycles. The average Bonchev–Trinajstić information content (AvgIpc) is 3.48. The molecule has 2 aromatic rings. The first-order chi connectivity index (χ1) is 13.8. The summed E-state index contributed by atoms with van der Waals surface area (Å²) in [5.74, 6) is -0.473. The minimum absolute atomic E-state index is 0.00135. The zero-order valence-electron chi connectivity index (χ0n) is 15.3. The molecule has 2 N–H and O–H groups in total. The normalized spacial score (nSPS) is 25.1. The highest BCUT2D eigenvalue weighted by molar-refractivity contribution is 6.31. The third kappa shape index (κ3) is 3.39. The summed E-state index contributed by atoms with van der Waals surface area (Å²) in [4.78, 5) is 24.4. The number of methoxy groups -OCH3 is 1. The SMILES string of the molecule is COc1cnc(C(=O)Cc2ccc(Cl)c([C@@]3(C(F)F)N=C(N)O[C@@H]4C[C@@H]43)c2)nc1. The number of ether oxygens (including phenoxy) is 2. The second kappa shape index (κ2) is 7.22. The molecule has 0 spiro atoms. The minimum atomic E-state index is -2.84. The number of carbonyl (C=O) groups is 1. The lowest BCUT2D eigenvalue weighted by Gasteiger charge is -2.33. The molecule has 0 unspecified atom stereocenters. The molecule has 0 amide bonds. The number of Topliss-reactive ketones (excluding diaryl/α,β-unsaturated/α-hetero) is 1. The van der Waals surface area contributed by atoms with E-state index >= 15 is 0 Å². The Labute approximate surface area is 169 Å². The van der Waals surface area contributed by atoms with E-state index in [1.54, 1.807) is 6.07 Å². The van der Waals surface area contributed by atoms with Crippen molar-refractivity contribution in [3.63, 3.8) is 0 Å². The minimum Gasteiger partial charge on any atom is -0.494 e. The van der Waals surface area contributed by atoms with Gasteiger partial charge in [0.15, 0.2) is 17.1 Å². The number of aliphatic imine (C=N–C) groups is 1. The van der Waals surface area contributed by atoms with Gasteiger partial charge in [-0.25, -0.2) is 23.7 Å². The quantitative estimate of drug-likeness (QED) is 0.718. The summed E-state index contributed by atoms with van der Waals surface area (Å²) < 4.78 is 38.7. The summed E-state index contributed by atoms with van der Waals surface area (Å²) in [6.45, 7) is 0. The van der Waals surface area contributed by atoms with Gasteiger partial charge < -0.3 is 15.2 Å². The monoisotopic (exact) mass is 422 g/mol. The lowest BCUT2D eigenvalue weighted by molar-refractivity contribution is 0.0196. The zero-order chi connectivity index (χ0) is 20.8. The number of amidine groups is 1. The number of fused-ring (bicyclic) bond motifs is 1. The number of nitrogens with two attached hydrogens (primary N) is 1. The van der Waals surface area contributed by atoms with Crippen molar-refractivity contribution >= 4 is 23.4 Å². The fourth-order valence-electron chi connectivity index (χ4n) is 3.62. The van der Waals surface area contributed by atoms with Gasteiger partial charge in [-0.3, -0.25) is 4.79 Å². The van der Waals surface area contributed by atoms with Crippen molar-refractivity contribution in [3.05, 3.63) is 52.6 Å². The van der Waals surface area contributed by atoms with Gasteiger partial charge in [0.1, 0.15) is 6.10 Å². The van der Waals surface area contributed by atoms with E-state index in [1.807, 2.05) is 0 Å². The maximum atomic E-state index is 14.2. The van der Waals surface area contributed by atoms with Gasteiger partial charge in [-0.15, -0.1) is 0 Å². The molecule has 1 saturated carbocycles. The van der Waals surface area contributed by atoms with E-state index in [0.717, 1.165) is 0 Å². The van der Waals surface area contributed by atoms with Crippen LogP contribution in [0.1, 0.15) is 28.2 Å². The summed E-state index contributed by atoms with van der Waals surface area (Å²) in [5.41, 5.74) is 4.38. The lowest BCUT2D eigenvalue weighted by atomic mass is 9.84. The second-order valence-electron chi connectivity index (χ2n) is 6.94. The van der Waals surface area contributed by atoms with E-state index in [4.69, 9.17) is 26.8 Å². The van der Waals surface area contributed by atoms with E-state index in [9.17, 15) is 13.6 Å². The number of rotatable bonds is 6. The van der Waals surface area contributed by atoms with Gasteiger partial charge in [0.05, 0.1) is 19.5 Å². The topological polar surface area (TPSA) is 99.7 Å². The fourth-order valence-corrected chi connectivity index (χ4v) is 3.89. The Hall–Kier alpha value is -2.81. The van der Waals surface area contributed by atoms with E-state index in [1.165, 1.54) is 31.6 Å². The number of nitrogens with zero attached hydrogens (tertiary/aromatic N) is 3. The maximum absolute atomic E-state index is 14.2. The predicted molar refractivity (Wildman–Crippen MR) is 100 cm³/mol. The highest BCUT2D eigenvalue weighted by Crippen LogP contribution is 2.56. The van der Waals surface area contributed by atoms with Crippen LogP contribution in [-0.4, -0.2) is 41.4 Å². The molecular weight excluding hydrogens is 406 g/mol. The van der Waals surface area contributed by atoms with E-state index < -0.39 is 24.0 Å². The van der Waals surface area contributed by atoms with Gasteiger partial charge in [0.2, 0.25) is 5.78 Å². The smallest absolute Gasteiger partial charge is 0.283 e. The molecule has 152 valence electrons. The molecule has 1 fully saturated rings. The first kappa shape index (κ1) is 19.5. The van der Waals surface area contributed by atoms with Crippen LogP contribution in [0.2, 0.25) is 5.02 Å². The van der Waals surface area contributed by atoms with Crippen molar-refractivity contribution in [3.8, 4) is 5.75 Å². The van der Waals surface area contributed by atoms with Crippen LogP contribution in [0.3, 0.4) is 0 Å². The van der Waals surface area contributed by atoms with Crippen LogP contribution in [0.25, 0.3) is 0 Å². The fraction of sp³-hybridized carbons (Fsp3) is 0.368. The van der Waals surface area contributed by atoms with Crippen molar-refractivity contribution in [2.75, 3.05) is 7.11 Å². The molecule has 4 rings (SSSR count). The van der Waals surface area contributed by atoms with E-state index in [-0.39, 0.29) is 34.6 Å². The van der Waals surface area contributed by atoms with Crippen LogP contribution >= 0.6 is 11.6 Å². The van der Waals surface area contributed by atoms with Crippen molar-refractivity contribution in [2.24, 2.45) is 16.6 Å². The Morgan fingerprint density at radius 3 is 2.79 bits per heavy atom. The maximum Gasteiger partial charge on any atom is 0.283 e. The number of benzene rings is 1. The first-order valence-corrected chi connectivity index (χ1v) is 9.21. The lowest BCUT2D eigenvalue weighted by Crippen LogP contribution is -2.43. The van der Waals surface area contributed by atoms with Crippen LogP contribution < -0.4 is 10.5 Å². The third-order valence-corrected chi connectivity index (χ3v) is 5.47. The van der Waals surface area contributed by atoms with Crippen molar-refractivity contribution in [1.29, 1.82) is 0 Å². The molecule has 1 aliphatic heterocycles. The number of hydrogen-bond acceptors (Lipinski definition) is 7. The summed E-state index contributed by atoms with van der Waals surface area (Å²) in [6.07, 6.45) is -0.158. The Morgan fingerprint density at radius 1 is 1.41 bits per heavy atom. The molecule has 0 bridgehead atoms. The van der Waals surface area contributed by atoms with Crippen LogP contribution in [-0.2, 0) is 16.7 Å². The van der Waals surface area contributed by atoms with Crippen LogP contribution in [0.5, 0.6) is 5.75 Å². The molecular formula is C19H17ClF2N4O3. The second-order valence-corrected chi connectivity index (χ2v) is 7.34. The summed E-state index contributed by atoms with van der Waals surface area (Å²) in [7, 11) is 1.46. The Balaban J connectivity index is 1.67. The number of ketones is 1. The Kier molecular flexibility index (Phi) is 4.85. The van der Waals surface area contributed by atoms with Gasteiger partial charge in [0, 0.05) is 22.9 Å². The third-order valence-electron chi connectivity index (χ3n) is 5.14. The number of aromatic nitrogens is 2. The molecule has 29 heavy (non-hydrogen) atoms. The van der Waals surface area contributed by atoms with Crippen LogP contribution in [0, 0.1) is 5.92 Å². The van der Waals surface area contributed by atoms with Crippen LogP contribution in [0.15, 0.2) is 35.6 Å². The molecule has 1 aliphatic carbocycles. The molecule has 0 saturated heterocycles. The van der Waals surface area contributed by atoms with Gasteiger partial charge in [-0.2, -0.15) is 0 Å². The number of alkyl halides is 2. The Morgan fingerprint density at radius 2 is 2.14 bits per heavy atom. The molecule has 3 atom stereocenters. The zero-order valence-corrected chi connectivity index (χ0v) is 16.1. The Bertz CT molecular complexity index is 986. The summed E-state index contributed by atoms with van der Waals surface area (Å²) >= 11 is 6.27. The van der Waals surface area contributed by atoms with Gasteiger partial charge in [0.25, 0.3) is 12.4 Å². The van der Waals surface area contributed by atoms with Crippen molar-refractivity contribution in [1.82, 2.24) is 9.97 Å². The average molecular weight is 423 g/mol. The predicted octanol–water partition coefficient (Wildman–Crippen LogP) is 2.76. The molecule has 1 aromatic heterocycles. The van der Waals surface area contributed by atoms with Crippen LogP contribution in [0.4, 0.5) is 8.78 Å². The van der Waals surface area contributed by atoms with Crippen molar-refractivity contribution < 1.29 is 23.0 Å². The number of hydrogen-bond donors (Lipinski definition) is 1. The van der Waals surface area contributed by atoms with Crippen molar-refractivity contribution in [2.45, 2.75) is 30.9 Å². The molecule has 7 nitrogen and oxygen atoms in total. The highest BCUT2D eigenvalue weighted by Gasteiger charge is 2.64. The summed E-state index contributed by atoms with van der Waals surface area (Å²) in [5, 5.41) is 0.131. The number of halogens is 3. The van der Waals surface area contributed by atoms with Gasteiger partial charge in [-0.05, 0) is 18.1 Å². The molecule has 10 heteroatoms. The first-order valence-electron chi connectivity index (χ1n) is 8.83. The molecule has 2 aliphatic rings. The molecule has 1 aromatic carbocycles. The number of carbonyl (C=O) groups excluding carboxylic acids is 1.